The molecule has 0 N–H and O–H groups in total. The van der Waals surface area contributed by atoms with Crippen molar-refractivity contribution >= 4 is 15.9 Å². The predicted octanol–water partition coefficient (Wildman–Crippen LogP) is 0.525. The summed E-state index contributed by atoms with van der Waals surface area (Å²) in [5.74, 6) is -0.156. The molecule has 0 atom stereocenters. The van der Waals surface area contributed by atoms with E-state index in [0.29, 0.717) is 13.1 Å². The van der Waals surface area contributed by atoms with Crippen molar-refractivity contribution in [3.8, 4) is 0 Å². The van der Waals surface area contributed by atoms with E-state index in [-0.39, 0.29) is 12.5 Å². The highest BCUT2D eigenvalue weighted by Gasteiger charge is 2.25. The minimum absolute atomic E-state index is 0.0812. The number of hydrogen-bond acceptors (Lipinski definition) is 3. The molecule has 0 rings (SSSR count). The Kier molecular flexibility index (Phi) is 5.96. The maximum Gasteiger partial charge on any atom is 0.237 e. The molecule has 1 amide bonds. The Morgan fingerprint density at radius 1 is 1.19 bits per heavy atom. The summed E-state index contributed by atoms with van der Waals surface area (Å²) in [6.45, 7) is 8.08. The van der Waals surface area contributed by atoms with Crippen LogP contribution in [0.3, 0.4) is 0 Å². The number of hydrogen-bond donors (Lipinski definition) is 0. The van der Waals surface area contributed by atoms with E-state index in [1.807, 2.05) is 13.8 Å². The number of likely N-dealkylation sites (N-methyl/N-ethyl adjacent to an activating group) is 2. The van der Waals surface area contributed by atoms with E-state index in [0.717, 1.165) is 4.31 Å². The van der Waals surface area contributed by atoms with Gasteiger partial charge in [-0.3, -0.25) is 4.79 Å². The molecule has 0 saturated carbocycles. The lowest BCUT2D eigenvalue weighted by Crippen LogP contribution is -2.42. The van der Waals surface area contributed by atoms with Gasteiger partial charge in [0.05, 0.1) is 11.8 Å². The van der Waals surface area contributed by atoms with Gasteiger partial charge in [-0.25, -0.2) is 8.42 Å². The molecule has 0 heterocycles. The van der Waals surface area contributed by atoms with Crippen molar-refractivity contribution in [3.05, 3.63) is 0 Å². The summed E-state index contributed by atoms with van der Waals surface area (Å²) >= 11 is 0. The third-order valence-electron chi connectivity index (χ3n) is 2.50. The summed E-state index contributed by atoms with van der Waals surface area (Å²) < 4.78 is 24.6. The zero-order valence-electron chi connectivity index (χ0n) is 10.7. The Bertz CT molecular complexity index is 321. The molecule has 0 radical (unpaired) electrons. The van der Waals surface area contributed by atoms with Gasteiger partial charge in [0.1, 0.15) is 0 Å². The van der Waals surface area contributed by atoms with Crippen LogP contribution in [0.5, 0.6) is 0 Å². The first-order chi connectivity index (χ1) is 7.27. The summed E-state index contributed by atoms with van der Waals surface area (Å²) in [5, 5.41) is -0.498. The SMILES string of the molecule is CCN(CC)C(=O)CN(C)S(=O)(=O)C(C)C. The van der Waals surface area contributed by atoms with Crippen LogP contribution in [-0.4, -0.2) is 55.5 Å². The highest BCUT2D eigenvalue weighted by molar-refractivity contribution is 7.89. The molecule has 0 unspecified atom stereocenters. The quantitative estimate of drug-likeness (QED) is 0.691. The second kappa shape index (κ2) is 6.20. The molecule has 0 aromatic carbocycles. The molecule has 6 heteroatoms. The molecule has 96 valence electrons. The molecular weight excluding hydrogens is 228 g/mol. The third kappa shape index (κ3) is 3.75. The number of nitrogens with zero attached hydrogens (tertiary/aromatic N) is 2. The van der Waals surface area contributed by atoms with Gasteiger partial charge in [-0.1, -0.05) is 0 Å². The largest absolute Gasteiger partial charge is 0.342 e. The van der Waals surface area contributed by atoms with Gasteiger partial charge in [0.2, 0.25) is 15.9 Å². The Labute approximate surface area is 98.5 Å². The average molecular weight is 250 g/mol. The number of amides is 1. The van der Waals surface area contributed by atoms with Gasteiger partial charge < -0.3 is 4.90 Å². The molecule has 0 aromatic rings. The summed E-state index contributed by atoms with van der Waals surface area (Å²) in [4.78, 5) is 13.3. The topological polar surface area (TPSA) is 57.7 Å². The first-order valence-electron chi connectivity index (χ1n) is 5.50. The van der Waals surface area contributed by atoms with Crippen molar-refractivity contribution < 1.29 is 13.2 Å². The Morgan fingerprint density at radius 3 is 1.94 bits per heavy atom. The lowest BCUT2D eigenvalue weighted by Gasteiger charge is -2.24. The molecule has 0 aliphatic rings. The fourth-order valence-corrected chi connectivity index (χ4v) is 2.33. The van der Waals surface area contributed by atoms with E-state index in [1.54, 1.807) is 18.7 Å². The molecule has 0 aliphatic heterocycles. The summed E-state index contributed by atoms with van der Waals surface area (Å²) in [6.07, 6.45) is 0. The highest BCUT2D eigenvalue weighted by atomic mass is 32.2. The van der Waals surface area contributed by atoms with E-state index in [4.69, 9.17) is 0 Å². The summed E-state index contributed by atoms with van der Waals surface area (Å²) in [7, 11) is -1.89. The summed E-state index contributed by atoms with van der Waals surface area (Å²) in [5.41, 5.74) is 0. The van der Waals surface area contributed by atoms with Gasteiger partial charge in [-0.05, 0) is 27.7 Å². The van der Waals surface area contributed by atoms with Crippen LogP contribution >= 0.6 is 0 Å². The van der Waals surface area contributed by atoms with Crippen molar-refractivity contribution in [1.82, 2.24) is 9.21 Å². The third-order valence-corrected chi connectivity index (χ3v) is 4.69. The molecule has 0 bridgehead atoms. The first kappa shape index (κ1) is 15.4. The smallest absolute Gasteiger partial charge is 0.237 e. The van der Waals surface area contributed by atoms with Crippen molar-refractivity contribution in [2.45, 2.75) is 32.9 Å². The molecule has 0 aliphatic carbocycles. The molecule has 0 aromatic heterocycles. The van der Waals surface area contributed by atoms with Crippen molar-refractivity contribution in [2.24, 2.45) is 0 Å². The minimum atomic E-state index is -3.34. The van der Waals surface area contributed by atoms with Crippen LogP contribution in [0, 0.1) is 0 Å². The maximum absolute atomic E-state index is 11.7. The van der Waals surface area contributed by atoms with Crippen LogP contribution in [0.15, 0.2) is 0 Å². The second-order valence-corrected chi connectivity index (χ2v) is 6.51. The van der Waals surface area contributed by atoms with Crippen LogP contribution in [-0.2, 0) is 14.8 Å². The Hall–Kier alpha value is -0.620. The Morgan fingerprint density at radius 2 is 1.62 bits per heavy atom. The minimum Gasteiger partial charge on any atom is -0.342 e. The molecular formula is C10H22N2O3S. The first-order valence-corrected chi connectivity index (χ1v) is 7.00. The van der Waals surface area contributed by atoms with Crippen LogP contribution < -0.4 is 0 Å². The average Bonchev–Trinajstić information content (AvgIpc) is 2.18. The van der Waals surface area contributed by atoms with E-state index in [2.05, 4.69) is 0 Å². The zero-order valence-corrected chi connectivity index (χ0v) is 11.5. The van der Waals surface area contributed by atoms with Crippen LogP contribution in [0.25, 0.3) is 0 Å². The highest BCUT2D eigenvalue weighted by Crippen LogP contribution is 2.06. The molecule has 0 saturated heterocycles. The lowest BCUT2D eigenvalue weighted by atomic mass is 10.4. The standard InChI is InChI=1S/C10H22N2O3S/c1-6-12(7-2)10(13)8-11(5)16(14,15)9(3)4/h9H,6-8H2,1-5H3. The fourth-order valence-electron chi connectivity index (χ4n) is 1.32. The Balaban J connectivity index is 4.58. The fraction of sp³-hybridized carbons (Fsp3) is 0.900. The number of sulfonamides is 1. The van der Waals surface area contributed by atoms with Crippen molar-refractivity contribution in [2.75, 3.05) is 26.7 Å². The van der Waals surface area contributed by atoms with Gasteiger partial charge in [0, 0.05) is 20.1 Å². The molecule has 16 heavy (non-hydrogen) atoms. The van der Waals surface area contributed by atoms with Gasteiger partial charge >= 0.3 is 0 Å². The van der Waals surface area contributed by atoms with E-state index in [9.17, 15) is 13.2 Å². The second-order valence-electron chi connectivity index (χ2n) is 3.92. The zero-order chi connectivity index (χ0) is 12.9. The molecule has 5 nitrogen and oxygen atoms in total. The van der Waals surface area contributed by atoms with Crippen LogP contribution in [0.1, 0.15) is 27.7 Å². The monoisotopic (exact) mass is 250 g/mol. The normalized spacial score (nSPS) is 12.2. The van der Waals surface area contributed by atoms with Crippen LogP contribution in [0.2, 0.25) is 0 Å². The predicted molar refractivity (Wildman–Crippen MR) is 64.6 cm³/mol. The van der Waals surface area contributed by atoms with Crippen molar-refractivity contribution in [1.29, 1.82) is 0 Å². The van der Waals surface area contributed by atoms with Gasteiger partial charge in [0.25, 0.3) is 0 Å². The molecule has 0 fully saturated rings. The lowest BCUT2D eigenvalue weighted by molar-refractivity contribution is -0.130. The van der Waals surface area contributed by atoms with Gasteiger partial charge in [-0.2, -0.15) is 4.31 Å². The summed E-state index contributed by atoms with van der Waals surface area (Å²) in [6, 6.07) is 0. The van der Waals surface area contributed by atoms with Gasteiger partial charge in [-0.15, -0.1) is 0 Å². The number of carbonyl (C=O) groups excluding carboxylic acids is 1. The van der Waals surface area contributed by atoms with E-state index in [1.165, 1.54) is 7.05 Å². The maximum atomic E-state index is 11.7. The molecule has 0 spiro atoms. The number of carbonyl (C=O) groups is 1. The number of rotatable bonds is 6. The van der Waals surface area contributed by atoms with Crippen LogP contribution in [0.4, 0.5) is 0 Å². The van der Waals surface area contributed by atoms with E-state index < -0.39 is 15.3 Å². The van der Waals surface area contributed by atoms with E-state index >= 15 is 0 Å². The van der Waals surface area contributed by atoms with Crippen molar-refractivity contribution in [3.63, 3.8) is 0 Å². The van der Waals surface area contributed by atoms with Gasteiger partial charge in [0.15, 0.2) is 0 Å².